The van der Waals surface area contributed by atoms with Crippen LogP contribution in [0.25, 0.3) is 21.8 Å². The van der Waals surface area contributed by atoms with Gasteiger partial charge in [0.2, 0.25) is 12.2 Å². The first-order valence-electron chi connectivity index (χ1n) is 4.26. The van der Waals surface area contributed by atoms with E-state index in [1.54, 1.807) is 0 Å². The molecule has 74 valence electrons. The molecule has 0 atom stereocenters. The van der Waals surface area contributed by atoms with E-state index < -0.39 is 0 Å². The average molecular weight is 201 g/mol. The maximum absolute atomic E-state index is 8.16. The van der Waals surface area contributed by atoms with Crippen LogP contribution < -0.4 is 0 Å². The van der Waals surface area contributed by atoms with Crippen molar-refractivity contribution < 1.29 is 4.52 Å². The Morgan fingerprint density at radius 1 is 1.33 bits per heavy atom. The van der Waals surface area contributed by atoms with Gasteiger partial charge in [-0.15, -0.1) is 0 Å². The molecule has 0 spiro atoms. The summed E-state index contributed by atoms with van der Waals surface area (Å²) in [6, 6.07) is 7.43. The number of nitrogens with zero attached hydrogens (tertiary/aromatic N) is 5. The third-order valence-corrected chi connectivity index (χ3v) is 1.89. The van der Waals surface area contributed by atoms with Gasteiger partial charge in [-0.1, -0.05) is 34.5 Å². The molecule has 0 saturated heterocycles. The lowest BCUT2D eigenvalue weighted by Crippen LogP contribution is -1.83. The normalized spacial score (nSPS) is 9.60. The smallest absolute Gasteiger partial charge is 0.214 e. The predicted molar refractivity (Wildman–Crippen MR) is 52.6 cm³/mol. The van der Waals surface area contributed by atoms with E-state index in [1.165, 1.54) is 6.39 Å². The van der Waals surface area contributed by atoms with E-state index in [0.717, 1.165) is 11.1 Å². The third kappa shape index (κ3) is 2.12. The monoisotopic (exact) mass is 201 g/mol. The number of rotatable bonds is 3. The fraction of sp³-hybridized carbons (Fsp3) is 0.111. The second kappa shape index (κ2) is 4.26. The molecular weight excluding hydrogens is 194 g/mol. The fourth-order valence-corrected chi connectivity index (χ4v) is 1.17. The van der Waals surface area contributed by atoms with E-state index in [-0.39, 0.29) is 0 Å². The van der Waals surface area contributed by atoms with Gasteiger partial charge in [0.25, 0.3) is 0 Å². The summed E-state index contributed by atoms with van der Waals surface area (Å²) in [4.78, 5) is 6.61. The SMILES string of the molecule is [N-]=[N+]=NCc1ccc(-c2ncon2)cc1. The third-order valence-electron chi connectivity index (χ3n) is 1.89. The Morgan fingerprint density at radius 3 is 2.73 bits per heavy atom. The van der Waals surface area contributed by atoms with Gasteiger partial charge in [0.1, 0.15) is 0 Å². The average Bonchev–Trinajstić information content (AvgIpc) is 2.80. The van der Waals surface area contributed by atoms with Crippen molar-refractivity contribution in [3.8, 4) is 11.4 Å². The molecule has 0 fully saturated rings. The number of azide groups is 1. The van der Waals surface area contributed by atoms with E-state index in [9.17, 15) is 0 Å². The van der Waals surface area contributed by atoms with Crippen LogP contribution in [0.1, 0.15) is 5.56 Å². The standard InChI is InChI=1S/C9H7N5O/c10-14-12-5-7-1-3-8(4-2-7)9-11-6-15-13-9/h1-4,6H,5H2. The highest BCUT2D eigenvalue weighted by atomic mass is 16.5. The molecule has 0 N–H and O–H groups in total. The highest BCUT2D eigenvalue weighted by Gasteiger charge is 2.01. The van der Waals surface area contributed by atoms with Gasteiger partial charge >= 0.3 is 0 Å². The Balaban J connectivity index is 2.21. The molecule has 1 aromatic heterocycles. The zero-order chi connectivity index (χ0) is 10.5. The second-order valence-electron chi connectivity index (χ2n) is 2.84. The summed E-state index contributed by atoms with van der Waals surface area (Å²) in [6.07, 6.45) is 1.28. The van der Waals surface area contributed by atoms with Gasteiger partial charge in [-0.3, -0.25) is 0 Å². The first-order valence-corrected chi connectivity index (χ1v) is 4.26. The summed E-state index contributed by atoms with van der Waals surface area (Å²) >= 11 is 0. The summed E-state index contributed by atoms with van der Waals surface area (Å²) in [7, 11) is 0. The molecule has 0 saturated carbocycles. The summed E-state index contributed by atoms with van der Waals surface area (Å²) in [5.74, 6) is 0.547. The Kier molecular flexibility index (Phi) is 2.62. The van der Waals surface area contributed by atoms with Crippen LogP contribution >= 0.6 is 0 Å². The minimum absolute atomic E-state index is 0.350. The number of aromatic nitrogens is 2. The van der Waals surface area contributed by atoms with Crippen molar-refractivity contribution in [3.05, 3.63) is 46.7 Å². The topological polar surface area (TPSA) is 87.7 Å². The predicted octanol–water partition coefficient (Wildman–Crippen LogP) is 2.55. The minimum atomic E-state index is 0.350. The van der Waals surface area contributed by atoms with Crippen LogP contribution in [0.4, 0.5) is 0 Å². The maximum Gasteiger partial charge on any atom is 0.214 e. The van der Waals surface area contributed by atoms with Crippen LogP contribution in [-0.4, -0.2) is 10.1 Å². The molecule has 2 aromatic rings. The van der Waals surface area contributed by atoms with Crippen LogP contribution in [0.15, 0.2) is 40.3 Å². The lowest BCUT2D eigenvalue weighted by atomic mass is 10.1. The van der Waals surface area contributed by atoms with Crippen molar-refractivity contribution in [2.75, 3.05) is 0 Å². The maximum atomic E-state index is 8.16. The molecule has 1 aromatic carbocycles. The Hall–Kier alpha value is -2.33. The van der Waals surface area contributed by atoms with Gasteiger partial charge in [-0.25, -0.2) is 0 Å². The Bertz CT molecular complexity index is 470. The zero-order valence-corrected chi connectivity index (χ0v) is 7.74. The molecule has 2 rings (SSSR count). The van der Waals surface area contributed by atoms with Crippen molar-refractivity contribution >= 4 is 0 Å². The van der Waals surface area contributed by atoms with Gasteiger partial charge in [0, 0.05) is 10.5 Å². The lowest BCUT2D eigenvalue weighted by molar-refractivity contribution is 0.419. The number of hydrogen-bond donors (Lipinski definition) is 0. The first-order chi connectivity index (χ1) is 7.40. The molecule has 0 amide bonds. The van der Waals surface area contributed by atoms with Crippen LogP contribution in [0.5, 0.6) is 0 Å². The lowest BCUT2D eigenvalue weighted by Gasteiger charge is -1.96. The fourth-order valence-electron chi connectivity index (χ4n) is 1.17. The van der Waals surface area contributed by atoms with E-state index in [1.807, 2.05) is 24.3 Å². The first kappa shape index (κ1) is 9.23. The molecule has 6 nitrogen and oxygen atoms in total. The van der Waals surface area contributed by atoms with Gasteiger partial charge < -0.3 is 4.52 Å². The van der Waals surface area contributed by atoms with E-state index in [2.05, 4.69) is 24.7 Å². The zero-order valence-electron chi connectivity index (χ0n) is 7.74. The van der Waals surface area contributed by atoms with Crippen molar-refractivity contribution in [3.63, 3.8) is 0 Å². The molecule has 0 aliphatic carbocycles. The van der Waals surface area contributed by atoms with Crippen molar-refractivity contribution in [1.82, 2.24) is 10.1 Å². The highest BCUT2D eigenvalue weighted by Crippen LogP contribution is 2.15. The molecule has 0 radical (unpaired) electrons. The second-order valence-corrected chi connectivity index (χ2v) is 2.84. The van der Waals surface area contributed by atoms with Crippen LogP contribution in [-0.2, 0) is 6.54 Å². The van der Waals surface area contributed by atoms with Gasteiger partial charge in [-0.2, -0.15) is 4.98 Å². The molecule has 0 aliphatic rings. The largest absolute Gasteiger partial charge is 0.342 e. The van der Waals surface area contributed by atoms with Gasteiger partial charge in [-0.05, 0) is 11.1 Å². The van der Waals surface area contributed by atoms with Crippen molar-refractivity contribution in [2.24, 2.45) is 5.11 Å². The van der Waals surface area contributed by atoms with Crippen LogP contribution in [0, 0.1) is 0 Å². The summed E-state index contributed by atoms with van der Waals surface area (Å²) in [5, 5.41) is 7.18. The molecule has 0 unspecified atom stereocenters. The van der Waals surface area contributed by atoms with E-state index in [0.29, 0.717) is 12.4 Å². The van der Waals surface area contributed by atoms with Crippen molar-refractivity contribution in [2.45, 2.75) is 6.54 Å². The van der Waals surface area contributed by atoms with Crippen molar-refractivity contribution in [1.29, 1.82) is 0 Å². The minimum Gasteiger partial charge on any atom is -0.342 e. The Morgan fingerprint density at radius 2 is 2.13 bits per heavy atom. The van der Waals surface area contributed by atoms with Gasteiger partial charge in [0.05, 0.1) is 6.54 Å². The van der Waals surface area contributed by atoms with Crippen LogP contribution in [0.2, 0.25) is 0 Å². The number of benzene rings is 1. The summed E-state index contributed by atoms with van der Waals surface area (Å²) in [5.41, 5.74) is 9.97. The van der Waals surface area contributed by atoms with E-state index in [4.69, 9.17) is 5.53 Å². The molecule has 0 aliphatic heterocycles. The number of hydrogen-bond acceptors (Lipinski definition) is 4. The van der Waals surface area contributed by atoms with Gasteiger partial charge in [0.15, 0.2) is 0 Å². The Labute approximate surface area is 85.2 Å². The molecule has 1 heterocycles. The van der Waals surface area contributed by atoms with Crippen LogP contribution in [0.3, 0.4) is 0 Å². The molecule has 15 heavy (non-hydrogen) atoms. The molecule has 6 heteroatoms. The summed E-state index contributed by atoms with van der Waals surface area (Å²) < 4.78 is 4.64. The quantitative estimate of drug-likeness (QED) is 0.434. The molecular formula is C9H7N5O. The summed E-state index contributed by atoms with van der Waals surface area (Å²) in [6.45, 7) is 0.350. The van der Waals surface area contributed by atoms with E-state index >= 15 is 0 Å². The molecule has 0 bridgehead atoms. The highest BCUT2D eigenvalue weighted by molar-refractivity contribution is 5.54.